The summed E-state index contributed by atoms with van der Waals surface area (Å²) < 4.78 is 0. The molecule has 1 aromatic rings. The zero-order valence-electron chi connectivity index (χ0n) is 9.44. The number of hydrogen-bond acceptors (Lipinski definition) is 3. The molecule has 1 unspecified atom stereocenters. The van der Waals surface area contributed by atoms with Crippen LogP contribution in [-0.2, 0) is 11.2 Å². The van der Waals surface area contributed by atoms with Gasteiger partial charge in [0.2, 0.25) is 5.91 Å². The third kappa shape index (κ3) is 3.55. The first-order valence-corrected chi connectivity index (χ1v) is 5.41. The molecule has 16 heavy (non-hydrogen) atoms. The molecule has 0 fully saturated rings. The molecule has 1 amide bonds. The number of hydrogen-bond donors (Lipinski definition) is 3. The molecule has 4 nitrogen and oxygen atoms in total. The van der Waals surface area contributed by atoms with Crippen LogP contribution in [0.25, 0.3) is 0 Å². The van der Waals surface area contributed by atoms with E-state index >= 15 is 0 Å². The van der Waals surface area contributed by atoms with Crippen molar-refractivity contribution in [1.82, 2.24) is 5.32 Å². The Morgan fingerprint density at radius 2 is 2.19 bits per heavy atom. The lowest BCUT2D eigenvalue weighted by molar-refractivity contribution is -0.121. The predicted octanol–water partition coefficient (Wildman–Crippen LogP) is 0.698. The van der Waals surface area contributed by atoms with E-state index in [0.29, 0.717) is 12.1 Å². The van der Waals surface area contributed by atoms with Crippen molar-refractivity contribution in [2.45, 2.75) is 25.8 Å². The number of amides is 1. The van der Waals surface area contributed by atoms with Gasteiger partial charge < -0.3 is 16.2 Å². The average molecular weight is 222 g/mol. The number of carbonyl (C=O) groups is 1. The first kappa shape index (κ1) is 12.5. The van der Waals surface area contributed by atoms with Gasteiger partial charge in [-0.2, -0.15) is 0 Å². The van der Waals surface area contributed by atoms with Crippen LogP contribution in [-0.4, -0.2) is 23.7 Å². The molecule has 4 heteroatoms. The zero-order chi connectivity index (χ0) is 12.0. The highest BCUT2D eigenvalue weighted by atomic mass is 16.3. The van der Waals surface area contributed by atoms with Gasteiger partial charge >= 0.3 is 0 Å². The summed E-state index contributed by atoms with van der Waals surface area (Å²) in [6.07, 6.45) is 0.968. The van der Waals surface area contributed by atoms with E-state index in [9.17, 15) is 4.79 Å². The van der Waals surface area contributed by atoms with E-state index in [-0.39, 0.29) is 25.0 Å². The number of benzene rings is 1. The molecule has 0 aliphatic heterocycles. The summed E-state index contributed by atoms with van der Waals surface area (Å²) >= 11 is 0. The van der Waals surface area contributed by atoms with Gasteiger partial charge in [0.15, 0.2) is 0 Å². The van der Waals surface area contributed by atoms with E-state index < -0.39 is 0 Å². The molecule has 0 aromatic heterocycles. The first-order valence-electron chi connectivity index (χ1n) is 5.41. The second-order valence-electron chi connectivity index (χ2n) is 3.73. The lowest BCUT2D eigenvalue weighted by Gasteiger charge is -2.14. The van der Waals surface area contributed by atoms with Crippen molar-refractivity contribution in [1.29, 1.82) is 0 Å². The number of anilines is 1. The topological polar surface area (TPSA) is 75.3 Å². The molecule has 0 aliphatic carbocycles. The van der Waals surface area contributed by atoms with Gasteiger partial charge in [0, 0.05) is 5.69 Å². The van der Waals surface area contributed by atoms with Gasteiger partial charge in [-0.3, -0.25) is 4.79 Å². The summed E-state index contributed by atoms with van der Waals surface area (Å²) in [7, 11) is 0. The molecule has 0 spiro atoms. The Morgan fingerprint density at radius 1 is 1.50 bits per heavy atom. The largest absolute Gasteiger partial charge is 0.398 e. The van der Waals surface area contributed by atoms with Crippen molar-refractivity contribution >= 4 is 11.6 Å². The third-order valence-corrected chi connectivity index (χ3v) is 2.48. The number of nitrogens with two attached hydrogens (primary N) is 1. The van der Waals surface area contributed by atoms with Gasteiger partial charge in [-0.05, 0) is 18.1 Å². The highest BCUT2D eigenvalue weighted by molar-refractivity contribution is 5.80. The summed E-state index contributed by atoms with van der Waals surface area (Å²) in [4.78, 5) is 11.6. The van der Waals surface area contributed by atoms with E-state index in [1.807, 2.05) is 25.1 Å². The number of rotatable bonds is 5. The van der Waals surface area contributed by atoms with Gasteiger partial charge in [0.25, 0.3) is 0 Å². The Labute approximate surface area is 95.5 Å². The van der Waals surface area contributed by atoms with Crippen molar-refractivity contribution in [2.24, 2.45) is 0 Å². The lowest BCUT2D eigenvalue weighted by Crippen LogP contribution is -2.37. The van der Waals surface area contributed by atoms with Crippen LogP contribution in [0.15, 0.2) is 24.3 Å². The summed E-state index contributed by atoms with van der Waals surface area (Å²) in [5.41, 5.74) is 7.17. The quantitative estimate of drug-likeness (QED) is 0.642. The third-order valence-electron chi connectivity index (χ3n) is 2.48. The summed E-state index contributed by atoms with van der Waals surface area (Å²) in [5.74, 6) is -0.112. The van der Waals surface area contributed by atoms with Crippen molar-refractivity contribution in [3.63, 3.8) is 0 Å². The molecule has 4 N–H and O–H groups in total. The van der Waals surface area contributed by atoms with Gasteiger partial charge in [0.05, 0.1) is 19.1 Å². The molecule has 0 heterocycles. The summed E-state index contributed by atoms with van der Waals surface area (Å²) in [6.45, 7) is 1.88. The van der Waals surface area contributed by atoms with E-state index in [1.165, 1.54) is 0 Å². The number of para-hydroxylation sites is 1. The lowest BCUT2D eigenvalue weighted by atomic mass is 10.1. The van der Waals surface area contributed by atoms with E-state index in [4.69, 9.17) is 10.8 Å². The normalized spacial score (nSPS) is 12.1. The minimum Gasteiger partial charge on any atom is -0.398 e. The van der Waals surface area contributed by atoms with Crippen molar-refractivity contribution in [2.75, 3.05) is 12.3 Å². The second kappa shape index (κ2) is 6.12. The Morgan fingerprint density at radius 3 is 2.75 bits per heavy atom. The zero-order valence-corrected chi connectivity index (χ0v) is 9.44. The van der Waals surface area contributed by atoms with Gasteiger partial charge in [-0.1, -0.05) is 25.1 Å². The number of nitrogen functional groups attached to an aromatic ring is 1. The number of nitrogens with one attached hydrogen (secondary N) is 1. The van der Waals surface area contributed by atoms with Crippen LogP contribution in [0.4, 0.5) is 5.69 Å². The van der Waals surface area contributed by atoms with Crippen LogP contribution in [0.3, 0.4) is 0 Å². The summed E-state index contributed by atoms with van der Waals surface area (Å²) in [6, 6.07) is 7.11. The fraction of sp³-hybridized carbons (Fsp3) is 0.417. The van der Waals surface area contributed by atoms with Gasteiger partial charge in [-0.25, -0.2) is 0 Å². The van der Waals surface area contributed by atoms with Crippen LogP contribution in [0.5, 0.6) is 0 Å². The maximum atomic E-state index is 11.6. The first-order chi connectivity index (χ1) is 7.67. The van der Waals surface area contributed by atoms with Crippen LogP contribution >= 0.6 is 0 Å². The molecule has 88 valence electrons. The van der Waals surface area contributed by atoms with Crippen molar-refractivity contribution in [3.8, 4) is 0 Å². The maximum Gasteiger partial charge on any atom is 0.224 e. The number of carbonyl (C=O) groups excluding carboxylic acids is 1. The van der Waals surface area contributed by atoms with Crippen molar-refractivity contribution < 1.29 is 9.90 Å². The maximum absolute atomic E-state index is 11.6. The van der Waals surface area contributed by atoms with Crippen molar-refractivity contribution in [3.05, 3.63) is 29.8 Å². The Balaban J connectivity index is 2.55. The highest BCUT2D eigenvalue weighted by Gasteiger charge is 2.10. The Hall–Kier alpha value is -1.55. The fourth-order valence-corrected chi connectivity index (χ4v) is 1.42. The molecule has 0 aliphatic rings. The Bertz CT molecular complexity index is 349. The predicted molar refractivity (Wildman–Crippen MR) is 63.9 cm³/mol. The number of aliphatic hydroxyl groups is 1. The molecular weight excluding hydrogens is 204 g/mol. The Kier molecular flexibility index (Phi) is 4.79. The van der Waals surface area contributed by atoms with E-state index in [2.05, 4.69) is 5.32 Å². The average Bonchev–Trinajstić information content (AvgIpc) is 2.29. The standard InChI is InChI=1S/C12H18N2O2/c1-2-10(8-15)14-12(16)7-9-5-3-4-6-11(9)13/h3-6,10,15H,2,7-8,13H2,1H3,(H,14,16). The van der Waals surface area contributed by atoms with Crippen LogP contribution in [0.1, 0.15) is 18.9 Å². The van der Waals surface area contributed by atoms with Gasteiger partial charge in [-0.15, -0.1) is 0 Å². The SMILES string of the molecule is CCC(CO)NC(=O)Cc1ccccc1N. The van der Waals surface area contributed by atoms with Crippen LogP contribution < -0.4 is 11.1 Å². The van der Waals surface area contributed by atoms with E-state index in [1.54, 1.807) is 6.07 Å². The summed E-state index contributed by atoms with van der Waals surface area (Å²) in [5, 5.41) is 11.7. The number of aliphatic hydroxyl groups excluding tert-OH is 1. The molecule has 1 atom stereocenters. The monoisotopic (exact) mass is 222 g/mol. The molecule has 0 radical (unpaired) electrons. The minimum atomic E-state index is -0.169. The molecule has 1 aromatic carbocycles. The fourth-order valence-electron chi connectivity index (χ4n) is 1.42. The van der Waals surface area contributed by atoms with Gasteiger partial charge in [0.1, 0.15) is 0 Å². The van der Waals surface area contributed by atoms with E-state index in [0.717, 1.165) is 5.56 Å². The second-order valence-corrected chi connectivity index (χ2v) is 3.73. The molecule has 1 rings (SSSR count). The molecule has 0 saturated carbocycles. The highest BCUT2D eigenvalue weighted by Crippen LogP contribution is 2.10. The molecule has 0 saturated heterocycles. The smallest absolute Gasteiger partial charge is 0.224 e. The molecular formula is C12H18N2O2. The van der Waals surface area contributed by atoms with Crippen LogP contribution in [0, 0.1) is 0 Å². The van der Waals surface area contributed by atoms with Crippen LogP contribution in [0.2, 0.25) is 0 Å². The molecule has 0 bridgehead atoms. The minimum absolute atomic E-state index is 0.0352.